The van der Waals surface area contributed by atoms with Gasteiger partial charge in [-0.25, -0.2) is 0 Å². The van der Waals surface area contributed by atoms with E-state index in [1.165, 1.54) is 23.2 Å². The van der Waals surface area contributed by atoms with E-state index >= 15 is 0 Å². The summed E-state index contributed by atoms with van der Waals surface area (Å²) in [5, 5.41) is 10.3. The van der Waals surface area contributed by atoms with E-state index in [0.717, 1.165) is 25.3 Å². The van der Waals surface area contributed by atoms with Gasteiger partial charge in [0.1, 0.15) is 0 Å². The first kappa shape index (κ1) is 11.3. The van der Waals surface area contributed by atoms with Crippen molar-refractivity contribution in [3.8, 4) is 0 Å². The molecule has 18 heavy (non-hydrogen) atoms. The second-order valence-electron chi connectivity index (χ2n) is 4.82. The van der Waals surface area contributed by atoms with E-state index in [9.17, 15) is 0 Å². The molecule has 3 rings (SSSR count). The number of nitrogens with zero attached hydrogens (tertiary/aromatic N) is 2. The van der Waals surface area contributed by atoms with Crippen LogP contribution in [0.15, 0.2) is 30.5 Å². The van der Waals surface area contributed by atoms with Crippen LogP contribution in [0.2, 0.25) is 0 Å². The van der Waals surface area contributed by atoms with Gasteiger partial charge in [0.05, 0.1) is 0 Å². The Morgan fingerprint density at radius 3 is 3.11 bits per heavy atom. The number of nitrogens with one attached hydrogen (secondary N) is 2. The van der Waals surface area contributed by atoms with Gasteiger partial charge in [-0.15, -0.1) is 0 Å². The summed E-state index contributed by atoms with van der Waals surface area (Å²) in [4.78, 5) is 2.32. The average Bonchev–Trinajstić information content (AvgIpc) is 3.00. The largest absolute Gasteiger partial charge is 0.374 e. The summed E-state index contributed by atoms with van der Waals surface area (Å²) in [6, 6.07) is 8.75. The molecule has 1 aliphatic rings. The van der Waals surface area contributed by atoms with Gasteiger partial charge in [-0.3, -0.25) is 5.10 Å². The fourth-order valence-electron chi connectivity index (χ4n) is 2.45. The zero-order valence-corrected chi connectivity index (χ0v) is 10.6. The highest BCUT2D eigenvalue weighted by Gasteiger charge is 2.15. The fraction of sp³-hybridized carbons (Fsp3) is 0.357. The fourth-order valence-corrected chi connectivity index (χ4v) is 2.45. The molecule has 0 bridgehead atoms. The molecule has 0 amide bonds. The highest BCUT2D eigenvalue weighted by atomic mass is 15.1. The number of aromatic amines is 1. The van der Waals surface area contributed by atoms with Crippen LogP contribution in [0.25, 0.3) is 0 Å². The molecule has 0 fully saturated rings. The van der Waals surface area contributed by atoms with Crippen LogP contribution in [-0.2, 0) is 19.5 Å². The predicted octanol–water partition coefficient (Wildman–Crippen LogP) is 1.69. The van der Waals surface area contributed by atoms with Gasteiger partial charge in [-0.2, -0.15) is 5.10 Å². The van der Waals surface area contributed by atoms with Crippen LogP contribution in [0.5, 0.6) is 0 Å². The zero-order chi connectivity index (χ0) is 12.4. The zero-order valence-electron chi connectivity index (χ0n) is 10.6. The normalized spacial score (nSPS) is 13.9. The third-order valence-electron chi connectivity index (χ3n) is 3.47. The number of fused-ring (bicyclic) bond motifs is 1. The number of aromatic nitrogens is 2. The first-order valence-corrected chi connectivity index (χ1v) is 6.35. The van der Waals surface area contributed by atoms with Crippen LogP contribution in [0.1, 0.15) is 16.8 Å². The predicted molar refractivity (Wildman–Crippen MR) is 72.5 cm³/mol. The van der Waals surface area contributed by atoms with Crippen LogP contribution in [-0.4, -0.2) is 23.8 Å². The van der Waals surface area contributed by atoms with Crippen LogP contribution < -0.4 is 10.2 Å². The molecule has 0 saturated heterocycles. The Morgan fingerprint density at radius 2 is 2.28 bits per heavy atom. The van der Waals surface area contributed by atoms with Gasteiger partial charge >= 0.3 is 0 Å². The first-order chi connectivity index (χ1) is 8.83. The first-order valence-electron chi connectivity index (χ1n) is 6.35. The molecular weight excluding hydrogens is 224 g/mol. The topological polar surface area (TPSA) is 44.0 Å². The molecule has 4 heteroatoms. The lowest BCUT2D eigenvalue weighted by Gasteiger charge is -2.12. The molecule has 2 heterocycles. The lowest BCUT2D eigenvalue weighted by molar-refractivity contribution is 0.677. The minimum Gasteiger partial charge on any atom is -0.374 e. The van der Waals surface area contributed by atoms with E-state index in [0.29, 0.717) is 0 Å². The number of anilines is 1. The van der Waals surface area contributed by atoms with Crippen LogP contribution in [0.4, 0.5) is 5.69 Å². The molecule has 2 N–H and O–H groups in total. The second kappa shape index (κ2) is 4.82. The van der Waals surface area contributed by atoms with Crippen molar-refractivity contribution < 1.29 is 0 Å². The van der Waals surface area contributed by atoms with Crippen molar-refractivity contribution in [2.75, 3.05) is 18.5 Å². The molecule has 1 aliphatic heterocycles. The quantitative estimate of drug-likeness (QED) is 0.857. The lowest BCUT2D eigenvalue weighted by atomic mass is 10.1. The van der Waals surface area contributed by atoms with E-state index in [1.807, 2.05) is 6.07 Å². The maximum atomic E-state index is 3.93. The van der Waals surface area contributed by atoms with Gasteiger partial charge in [0, 0.05) is 44.3 Å². The number of hydrogen-bond donors (Lipinski definition) is 2. The summed E-state index contributed by atoms with van der Waals surface area (Å²) in [5.74, 6) is 0. The summed E-state index contributed by atoms with van der Waals surface area (Å²) in [6.07, 6.45) is 2.95. The summed E-state index contributed by atoms with van der Waals surface area (Å²) < 4.78 is 0. The summed E-state index contributed by atoms with van der Waals surface area (Å²) in [5.41, 5.74) is 5.32. The van der Waals surface area contributed by atoms with Gasteiger partial charge in [0.25, 0.3) is 0 Å². The van der Waals surface area contributed by atoms with Crippen molar-refractivity contribution in [2.45, 2.75) is 19.5 Å². The monoisotopic (exact) mass is 242 g/mol. The second-order valence-corrected chi connectivity index (χ2v) is 4.82. The van der Waals surface area contributed by atoms with Crippen molar-refractivity contribution >= 4 is 5.69 Å². The SMILES string of the molecule is CN1CCc2cc(CNCc3ccn[nH]3)ccc21. The maximum absolute atomic E-state index is 3.93. The van der Waals surface area contributed by atoms with Crippen LogP contribution in [0.3, 0.4) is 0 Å². The van der Waals surface area contributed by atoms with E-state index in [1.54, 1.807) is 6.20 Å². The van der Waals surface area contributed by atoms with Gasteiger partial charge in [0.15, 0.2) is 0 Å². The smallest absolute Gasteiger partial charge is 0.0490 e. The van der Waals surface area contributed by atoms with Gasteiger partial charge in [-0.1, -0.05) is 12.1 Å². The van der Waals surface area contributed by atoms with Crippen molar-refractivity contribution in [3.05, 3.63) is 47.3 Å². The molecule has 0 aliphatic carbocycles. The van der Waals surface area contributed by atoms with Crippen molar-refractivity contribution in [3.63, 3.8) is 0 Å². The molecule has 0 saturated carbocycles. The van der Waals surface area contributed by atoms with Crippen molar-refractivity contribution in [1.29, 1.82) is 0 Å². The molecule has 0 spiro atoms. The number of benzene rings is 1. The van der Waals surface area contributed by atoms with E-state index in [-0.39, 0.29) is 0 Å². The summed E-state index contributed by atoms with van der Waals surface area (Å²) in [7, 11) is 2.15. The average molecular weight is 242 g/mol. The lowest BCUT2D eigenvalue weighted by Crippen LogP contribution is -2.13. The molecule has 0 unspecified atom stereocenters. The van der Waals surface area contributed by atoms with E-state index < -0.39 is 0 Å². The molecule has 0 atom stereocenters. The summed E-state index contributed by atoms with van der Waals surface area (Å²) >= 11 is 0. The van der Waals surface area contributed by atoms with E-state index in [4.69, 9.17) is 0 Å². The van der Waals surface area contributed by atoms with E-state index in [2.05, 4.69) is 45.7 Å². The molecule has 2 aromatic rings. The Morgan fingerprint density at radius 1 is 1.33 bits per heavy atom. The molecule has 94 valence electrons. The third-order valence-corrected chi connectivity index (χ3v) is 3.47. The van der Waals surface area contributed by atoms with Crippen LogP contribution >= 0.6 is 0 Å². The molecule has 4 nitrogen and oxygen atoms in total. The standard InChI is InChI=1S/C14H18N4/c1-18-7-5-12-8-11(2-3-14(12)18)9-15-10-13-4-6-16-17-13/h2-4,6,8,15H,5,7,9-10H2,1H3,(H,16,17). The minimum atomic E-state index is 0.830. The highest BCUT2D eigenvalue weighted by molar-refractivity contribution is 5.58. The van der Waals surface area contributed by atoms with Gasteiger partial charge in [-0.05, 0) is 29.7 Å². The van der Waals surface area contributed by atoms with Crippen molar-refractivity contribution in [2.24, 2.45) is 0 Å². The third kappa shape index (κ3) is 2.24. The Kier molecular flexibility index (Phi) is 3.02. The Balaban J connectivity index is 1.60. The number of rotatable bonds is 4. The molecular formula is C14H18N4. The molecule has 1 aromatic heterocycles. The van der Waals surface area contributed by atoms with Crippen LogP contribution in [0, 0.1) is 0 Å². The maximum Gasteiger partial charge on any atom is 0.0490 e. The highest BCUT2D eigenvalue weighted by Crippen LogP contribution is 2.27. The Labute approximate surface area is 107 Å². The molecule has 0 radical (unpaired) electrons. The minimum absolute atomic E-state index is 0.830. The number of H-pyrrole nitrogens is 1. The van der Waals surface area contributed by atoms with Gasteiger partial charge in [0.2, 0.25) is 0 Å². The molecule has 1 aromatic carbocycles. The summed E-state index contributed by atoms with van der Waals surface area (Å²) in [6.45, 7) is 2.87. The van der Waals surface area contributed by atoms with Crippen molar-refractivity contribution in [1.82, 2.24) is 15.5 Å². The Hall–Kier alpha value is -1.81. The Bertz CT molecular complexity index is 519. The number of hydrogen-bond acceptors (Lipinski definition) is 3. The van der Waals surface area contributed by atoms with Gasteiger partial charge < -0.3 is 10.2 Å². The number of likely N-dealkylation sites (N-methyl/N-ethyl adjacent to an activating group) is 1.